The van der Waals surface area contributed by atoms with Crippen molar-refractivity contribution in [2.75, 3.05) is 0 Å². The quantitative estimate of drug-likeness (QED) is 0.465. The van der Waals surface area contributed by atoms with E-state index in [1.54, 1.807) is 11.3 Å². The molecule has 1 aromatic rings. The van der Waals surface area contributed by atoms with Gasteiger partial charge in [-0.15, -0.1) is 11.3 Å². The van der Waals surface area contributed by atoms with Gasteiger partial charge in [0.05, 0.1) is 4.83 Å². The van der Waals surface area contributed by atoms with Crippen LogP contribution in [0, 0.1) is 29.6 Å². The third-order valence-corrected chi connectivity index (χ3v) is 9.54. The zero-order valence-corrected chi connectivity index (χ0v) is 15.4. The SMILES string of the molecule is Clc1sc(C(Br)C2C3CC4CC(C3)CC2C4)cc1Br. The predicted octanol–water partition coefficient (Wildman–Crippen LogP) is 6.67. The van der Waals surface area contributed by atoms with E-state index in [1.807, 2.05) is 0 Å². The number of hydrogen-bond acceptors (Lipinski definition) is 1. The Balaban J connectivity index is 1.61. The molecule has 0 N–H and O–H groups in total. The van der Waals surface area contributed by atoms with Crippen molar-refractivity contribution in [3.8, 4) is 0 Å². The molecule has 0 spiro atoms. The molecule has 0 saturated heterocycles. The highest BCUT2D eigenvalue weighted by molar-refractivity contribution is 9.10. The van der Waals surface area contributed by atoms with Gasteiger partial charge in [-0.3, -0.25) is 0 Å². The molecule has 0 aromatic carbocycles. The molecule has 0 radical (unpaired) electrons. The van der Waals surface area contributed by atoms with Crippen molar-refractivity contribution in [3.63, 3.8) is 0 Å². The lowest BCUT2D eigenvalue weighted by atomic mass is 9.51. The lowest BCUT2D eigenvalue weighted by Crippen LogP contribution is -2.46. The highest BCUT2D eigenvalue weighted by Gasteiger charge is 2.50. The molecule has 4 fully saturated rings. The Kier molecular flexibility index (Phi) is 3.58. The summed E-state index contributed by atoms with van der Waals surface area (Å²) in [5.74, 6) is 4.86. The number of halogens is 3. The number of thiophene rings is 1. The average Bonchev–Trinajstić information content (AvgIpc) is 2.68. The summed E-state index contributed by atoms with van der Waals surface area (Å²) in [6, 6.07) is 2.22. The molecule has 4 saturated carbocycles. The van der Waals surface area contributed by atoms with E-state index in [-0.39, 0.29) is 0 Å². The zero-order valence-electron chi connectivity index (χ0n) is 10.6. The van der Waals surface area contributed by atoms with Gasteiger partial charge in [0.15, 0.2) is 0 Å². The summed E-state index contributed by atoms with van der Waals surface area (Å²) in [7, 11) is 0. The van der Waals surface area contributed by atoms with Gasteiger partial charge < -0.3 is 0 Å². The van der Waals surface area contributed by atoms with E-state index in [4.69, 9.17) is 11.6 Å². The summed E-state index contributed by atoms with van der Waals surface area (Å²) in [5.41, 5.74) is 0. The molecule has 4 aliphatic carbocycles. The summed E-state index contributed by atoms with van der Waals surface area (Å²) in [4.78, 5) is 1.92. The minimum absolute atomic E-state index is 0.510. The summed E-state index contributed by atoms with van der Waals surface area (Å²) in [5, 5.41) is 0. The Bertz CT molecular complexity index is 451. The fourth-order valence-corrected chi connectivity index (χ4v) is 8.18. The zero-order chi connectivity index (χ0) is 13.1. The Morgan fingerprint density at radius 2 is 1.68 bits per heavy atom. The lowest BCUT2D eigenvalue weighted by molar-refractivity contribution is -0.0361. The number of alkyl halides is 1. The molecule has 1 atom stereocenters. The van der Waals surface area contributed by atoms with Crippen LogP contribution in [-0.2, 0) is 0 Å². The largest absolute Gasteiger partial charge is 0.126 e. The summed E-state index contributed by atoms with van der Waals surface area (Å²) >= 11 is 15.5. The van der Waals surface area contributed by atoms with Crippen molar-refractivity contribution in [2.24, 2.45) is 29.6 Å². The van der Waals surface area contributed by atoms with E-state index in [0.717, 1.165) is 38.4 Å². The van der Waals surface area contributed by atoms with E-state index < -0.39 is 0 Å². The second-order valence-electron chi connectivity index (χ2n) is 6.68. The highest BCUT2D eigenvalue weighted by Crippen LogP contribution is 2.61. The maximum Gasteiger partial charge on any atom is 0.107 e. The standard InChI is InChI=1S/C15H17Br2ClS/c16-11-6-12(19-15(11)18)14(17)13-9-2-7-1-8(4-9)5-10(13)3-7/h6-10,13-14H,1-5H2. The molecular formula is C15H17Br2ClS. The van der Waals surface area contributed by atoms with Crippen LogP contribution < -0.4 is 0 Å². The minimum Gasteiger partial charge on any atom is -0.126 e. The Morgan fingerprint density at radius 3 is 2.16 bits per heavy atom. The number of rotatable bonds is 2. The Morgan fingerprint density at radius 1 is 1.11 bits per heavy atom. The van der Waals surface area contributed by atoms with Gasteiger partial charge in [-0.05, 0) is 83.7 Å². The Hall–Kier alpha value is 0.950. The molecule has 19 heavy (non-hydrogen) atoms. The average molecular weight is 425 g/mol. The Labute approximate surface area is 140 Å². The minimum atomic E-state index is 0.510. The first-order chi connectivity index (χ1) is 9.11. The van der Waals surface area contributed by atoms with Crippen LogP contribution in [0.2, 0.25) is 4.34 Å². The fourth-order valence-electron chi connectivity index (χ4n) is 5.13. The molecule has 4 heteroatoms. The van der Waals surface area contributed by atoms with Gasteiger partial charge >= 0.3 is 0 Å². The highest BCUT2D eigenvalue weighted by atomic mass is 79.9. The molecule has 0 amide bonds. The van der Waals surface area contributed by atoms with Gasteiger partial charge in [0.25, 0.3) is 0 Å². The second-order valence-corrected chi connectivity index (χ2v) is 10.2. The summed E-state index contributed by atoms with van der Waals surface area (Å²) in [6.45, 7) is 0. The van der Waals surface area contributed by atoms with E-state index >= 15 is 0 Å². The maximum absolute atomic E-state index is 6.21. The molecule has 4 bridgehead atoms. The normalized spacial score (nSPS) is 41.7. The van der Waals surface area contributed by atoms with Crippen molar-refractivity contribution in [3.05, 3.63) is 19.8 Å². The van der Waals surface area contributed by atoms with Gasteiger partial charge in [0.1, 0.15) is 4.34 Å². The fraction of sp³-hybridized carbons (Fsp3) is 0.733. The predicted molar refractivity (Wildman–Crippen MR) is 89.2 cm³/mol. The molecule has 0 aliphatic heterocycles. The van der Waals surface area contributed by atoms with Crippen LogP contribution in [-0.4, -0.2) is 0 Å². The molecule has 1 aromatic heterocycles. The monoisotopic (exact) mass is 422 g/mol. The van der Waals surface area contributed by atoms with E-state index in [2.05, 4.69) is 37.9 Å². The van der Waals surface area contributed by atoms with Crippen LogP contribution in [0.3, 0.4) is 0 Å². The van der Waals surface area contributed by atoms with Crippen LogP contribution in [0.1, 0.15) is 41.8 Å². The van der Waals surface area contributed by atoms with Crippen molar-refractivity contribution >= 4 is 54.8 Å². The van der Waals surface area contributed by atoms with E-state index in [0.29, 0.717) is 4.83 Å². The third kappa shape index (κ3) is 2.27. The molecule has 104 valence electrons. The van der Waals surface area contributed by atoms with Gasteiger partial charge in [0.2, 0.25) is 0 Å². The summed E-state index contributed by atoms with van der Waals surface area (Å²) in [6.07, 6.45) is 7.48. The third-order valence-electron chi connectivity index (χ3n) is 5.57. The van der Waals surface area contributed by atoms with Crippen LogP contribution in [0.15, 0.2) is 10.5 Å². The van der Waals surface area contributed by atoms with E-state index in [1.165, 1.54) is 37.0 Å². The molecule has 1 heterocycles. The molecule has 4 aliphatic rings. The summed E-state index contributed by atoms with van der Waals surface area (Å²) < 4.78 is 1.95. The molecule has 1 unspecified atom stereocenters. The van der Waals surface area contributed by atoms with Crippen molar-refractivity contribution in [2.45, 2.75) is 36.9 Å². The van der Waals surface area contributed by atoms with Crippen LogP contribution in [0.25, 0.3) is 0 Å². The first kappa shape index (κ1) is 13.6. The van der Waals surface area contributed by atoms with Gasteiger partial charge in [-0.25, -0.2) is 0 Å². The lowest BCUT2D eigenvalue weighted by Gasteiger charge is -2.55. The first-order valence-corrected chi connectivity index (χ1v) is 10.1. The molecule has 0 nitrogen and oxygen atoms in total. The molecular weight excluding hydrogens is 407 g/mol. The topological polar surface area (TPSA) is 0 Å². The molecule has 5 rings (SSSR count). The number of hydrogen-bond donors (Lipinski definition) is 0. The smallest absolute Gasteiger partial charge is 0.107 e. The van der Waals surface area contributed by atoms with Crippen molar-refractivity contribution in [1.82, 2.24) is 0 Å². The van der Waals surface area contributed by atoms with Crippen molar-refractivity contribution < 1.29 is 0 Å². The van der Waals surface area contributed by atoms with Crippen LogP contribution in [0.5, 0.6) is 0 Å². The maximum atomic E-state index is 6.21. The van der Waals surface area contributed by atoms with Crippen LogP contribution >= 0.6 is 54.8 Å². The van der Waals surface area contributed by atoms with E-state index in [9.17, 15) is 0 Å². The van der Waals surface area contributed by atoms with Gasteiger partial charge in [0, 0.05) is 9.35 Å². The van der Waals surface area contributed by atoms with Gasteiger partial charge in [-0.1, -0.05) is 27.5 Å². The second kappa shape index (κ2) is 5.00. The first-order valence-electron chi connectivity index (χ1n) is 7.20. The van der Waals surface area contributed by atoms with Gasteiger partial charge in [-0.2, -0.15) is 0 Å². The van der Waals surface area contributed by atoms with Crippen molar-refractivity contribution in [1.29, 1.82) is 0 Å². The van der Waals surface area contributed by atoms with Crippen LogP contribution in [0.4, 0.5) is 0 Å².